The zero-order valence-corrected chi connectivity index (χ0v) is 31.1. The van der Waals surface area contributed by atoms with E-state index >= 15 is 0 Å². The number of nitrogens with zero attached hydrogens (tertiary/aromatic N) is 5. The smallest absolute Gasteiger partial charge is 0.345 e. The van der Waals surface area contributed by atoms with Gasteiger partial charge >= 0.3 is 11.9 Å². The molecular weight excluding hydrogens is 747 g/mol. The summed E-state index contributed by atoms with van der Waals surface area (Å²) in [6.45, 7) is 5.89. The van der Waals surface area contributed by atoms with Gasteiger partial charge in [0.25, 0.3) is 0 Å². The van der Waals surface area contributed by atoms with Gasteiger partial charge in [0, 0.05) is 44.6 Å². The molecule has 0 amide bonds. The fraction of sp³-hybridized carbons (Fsp3) is 0.231. The highest BCUT2D eigenvalue weighted by Crippen LogP contribution is 2.35. The van der Waals surface area contributed by atoms with Gasteiger partial charge in [-0.15, -0.1) is 0 Å². The van der Waals surface area contributed by atoms with Crippen LogP contribution in [0.4, 0.5) is 17.2 Å². The standard InChI is InChI=1S/C22H21N5O3.C17H13Cl2N3O3/c1-25-8-12-10-26(11-13(12)9-25)18-6-17-14(7-23-18)20(28)19(22(29)30)21-24-15-4-2-3-5-16(15)27(17)21;1-2-25-17(24)14(15(23)9-8-20-13(19)7-10(9)18)16-21-11-5-3-4-6-12(11)22-16/h2-7,12-13,24H,8-11H2,1H3,(H,29,30);3-8,21-22H,2H2,1H3. The molecule has 2 fully saturated rings. The van der Waals surface area contributed by atoms with E-state index in [1.165, 1.54) is 18.5 Å². The maximum Gasteiger partial charge on any atom is 0.345 e. The molecule has 14 nitrogen and oxygen atoms in total. The van der Waals surface area contributed by atoms with E-state index in [2.05, 4.69) is 42.4 Å². The SMILES string of the molecule is CCOC(=O)C(C(=O)c1cnc(Cl)cc1Cl)=C1Nc2ccccc2N1.CN1CC2CN(c3cc4c(cn3)c(=O)c(C(=O)O)c3[nH]c5ccccc5n34)CC2C1. The molecule has 7 heterocycles. The second-order valence-corrected chi connectivity index (χ2v) is 14.4. The minimum absolute atomic E-state index is 0.0566. The summed E-state index contributed by atoms with van der Waals surface area (Å²) < 4.78 is 6.87. The van der Waals surface area contributed by atoms with Gasteiger partial charge in [0.1, 0.15) is 33.6 Å². The topological polar surface area (TPSA) is 174 Å². The van der Waals surface area contributed by atoms with Crippen molar-refractivity contribution in [2.24, 2.45) is 11.8 Å². The van der Waals surface area contributed by atoms with Gasteiger partial charge in [0.2, 0.25) is 11.2 Å². The largest absolute Gasteiger partial charge is 0.477 e. The number of nitrogens with one attached hydrogen (secondary N) is 3. The third-order valence-corrected chi connectivity index (χ3v) is 10.6. The lowest BCUT2D eigenvalue weighted by atomic mass is 10.0. The number of fused-ring (bicyclic) bond motifs is 7. The van der Waals surface area contributed by atoms with Crippen molar-refractivity contribution < 1.29 is 24.2 Å². The number of esters is 1. The minimum atomic E-state index is -1.24. The average Bonchev–Trinajstić information content (AvgIpc) is 3.93. The number of likely N-dealkylation sites (tertiary alicyclic amines) is 1. The van der Waals surface area contributed by atoms with Crippen LogP contribution in [0.25, 0.3) is 27.6 Å². The fourth-order valence-electron chi connectivity index (χ4n) is 7.67. The number of carbonyl (C=O) groups excluding carboxylic acids is 2. The van der Waals surface area contributed by atoms with Crippen LogP contribution in [-0.2, 0) is 9.53 Å². The van der Waals surface area contributed by atoms with E-state index in [0.717, 1.165) is 54.4 Å². The Morgan fingerprint density at radius 1 is 0.909 bits per heavy atom. The van der Waals surface area contributed by atoms with E-state index in [-0.39, 0.29) is 39.3 Å². The molecule has 6 aromatic rings. The Kier molecular flexibility index (Phi) is 9.41. The first-order valence-electron chi connectivity index (χ1n) is 17.5. The quantitative estimate of drug-likeness (QED) is 0.0394. The number of aromatic carboxylic acids is 1. The first-order valence-corrected chi connectivity index (χ1v) is 18.3. The number of anilines is 3. The summed E-state index contributed by atoms with van der Waals surface area (Å²) in [5, 5.41) is 16.3. The summed E-state index contributed by atoms with van der Waals surface area (Å²) in [6.07, 6.45) is 2.77. The normalized spacial score (nSPS) is 17.4. The summed E-state index contributed by atoms with van der Waals surface area (Å²) in [5.74, 6) is -0.282. The predicted molar refractivity (Wildman–Crippen MR) is 210 cm³/mol. The number of hydrogen-bond acceptors (Lipinski definition) is 11. The summed E-state index contributed by atoms with van der Waals surface area (Å²) in [4.78, 5) is 66.5. The minimum Gasteiger partial charge on any atom is -0.477 e. The van der Waals surface area contributed by atoms with Crippen LogP contribution in [0.15, 0.2) is 89.2 Å². The molecule has 2 saturated heterocycles. The molecule has 280 valence electrons. The lowest BCUT2D eigenvalue weighted by Gasteiger charge is -2.20. The third kappa shape index (κ3) is 6.51. The number of aromatic nitrogens is 4. The molecule has 16 heteroatoms. The Morgan fingerprint density at radius 3 is 2.24 bits per heavy atom. The number of pyridine rings is 3. The van der Waals surface area contributed by atoms with Crippen molar-refractivity contribution in [3.8, 4) is 0 Å². The molecule has 2 atom stereocenters. The highest BCUT2D eigenvalue weighted by molar-refractivity contribution is 6.38. The van der Waals surface area contributed by atoms with Crippen LogP contribution < -0.4 is 21.0 Å². The molecule has 0 aliphatic carbocycles. The Labute approximate surface area is 323 Å². The van der Waals surface area contributed by atoms with E-state index in [9.17, 15) is 24.3 Å². The molecule has 0 spiro atoms. The molecule has 3 aliphatic heterocycles. The lowest BCUT2D eigenvalue weighted by Crippen LogP contribution is -2.27. The van der Waals surface area contributed by atoms with E-state index in [4.69, 9.17) is 27.9 Å². The highest BCUT2D eigenvalue weighted by Gasteiger charge is 2.39. The van der Waals surface area contributed by atoms with Crippen molar-refractivity contribution in [3.05, 3.63) is 116 Å². The summed E-state index contributed by atoms with van der Waals surface area (Å²) in [6, 6.07) is 18.2. The number of carboxylic acid groups (broad SMARTS) is 1. The number of benzene rings is 2. The van der Waals surface area contributed by atoms with Gasteiger partial charge in [-0.05, 0) is 56.1 Å². The summed E-state index contributed by atoms with van der Waals surface area (Å²) >= 11 is 11.9. The van der Waals surface area contributed by atoms with Crippen LogP contribution >= 0.6 is 23.2 Å². The molecule has 2 unspecified atom stereocenters. The number of rotatable bonds is 6. The van der Waals surface area contributed by atoms with Gasteiger partial charge in [-0.3, -0.25) is 14.0 Å². The fourth-order valence-corrected chi connectivity index (χ4v) is 8.12. The van der Waals surface area contributed by atoms with Crippen LogP contribution in [0.5, 0.6) is 0 Å². The van der Waals surface area contributed by atoms with Crippen LogP contribution in [0.2, 0.25) is 10.2 Å². The number of carboxylic acids is 1. The van der Waals surface area contributed by atoms with E-state index in [1.54, 1.807) is 6.92 Å². The Bertz CT molecular complexity index is 2620. The third-order valence-electron chi connectivity index (χ3n) is 10.1. The maximum atomic E-state index is 13.0. The number of halogens is 2. The van der Waals surface area contributed by atoms with E-state index in [1.807, 2.05) is 59.0 Å². The van der Waals surface area contributed by atoms with Crippen LogP contribution in [0.3, 0.4) is 0 Å². The van der Waals surface area contributed by atoms with Gasteiger partial charge in [-0.1, -0.05) is 47.5 Å². The second kappa shape index (κ2) is 14.4. The molecule has 2 aromatic carbocycles. The van der Waals surface area contributed by atoms with Crippen molar-refractivity contribution >= 4 is 85.7 Å². The number of carbonyl (C=O) groups is 3. The zero-order chi connectivity index (χ0) is 38.5. The van der Waals surface area contributed by atoms with Gasteiger partial charge in [-0.2, -0.15) is 0 Å². The van der Waals surface area contributed by atoms with E-state index in [0.29, 0.717) is 28.4 Å². The summed E-state index contributed by atoms with van der Waals surface area (Å²) in [7, 11) is 2.16. The lowest BCUT2D eigenvalue weighted by molar-refractivity contribution is -0.138. The summed E-state index contributed by atoms with van der Waals surface area (Å²) in [5.41, 5.74) is 3.18. The van der Waals surface area contributed by atoms with E-state index < -0.39 is 23.2 Å². The molecule has 3 aliphatic rings. The first-order chi connectivity index (χ1) is 26.5. The molecule has 55 heavy (non-hydrogen) atoms. The van der Waals surface area contributed by atoms with Gasteiger partial charge in [0.05, 0.1) is 50.5 Å². The molecule has 0 radical (unpaired) electrons. The van der Waals surface area contributed by atoms with Crippen molar-refractivity contribution in [2.45, 2.75) is 6.92 Å². The van der Waals surface area contributed by atoms with Gasteiger partial charge < -0.3 is 35.3 Å². The van der Waals surface area contributed by atoms with Crippen LogP contribution in [0, 0.1) is 11.8 Å². The van der Waals surface area contributed by atoms with Crippen LogP contribution in [0.1, 0.15) is 27.6 Å². The zero-order valence-electron chi connectivity index (χ0n) is 29.6. The number of imidazole rings is 1. The number of aromatic amines is 1. The highest BCUT2D eigenvalue weighted by atomic mass is 35.5. The molecule has 0 saturated carbocycles. The number of ketones is 1. The molecule has 4 aromatic heterocycles. The molecule has 0 bridgehead atoms. The number of H-pyrrole nitrogens is 1. The van der Waals surface area contributed by atoms with Gasteiger partial charge in [-0.25, -0.2) is 19.6 Å². The number of para-hydroxylation sites is 4. The van der Waals surface area contributed by atoms with Crippen molar-refractivity contribution in [1.29, 1.82) is 0 Å². The first kappa shape index (κ1) is 36.0. The second-order valence-electron chi connectivity index (χ2n) is 13.6. The average molecular weight is 782 g/mol. The molecule has 4 N–H and O–H groups in total. The Balaban J connectivity index is 0.000000158. The van der Waals surface area contributed by atoms with Crippen molar-refractivity contribution in [2.75, 3.05) is 55.4 Å². The molecule has 9 rings (SSSR count). The number of hydrogen-bond donors (Lipinski definition) is 4. The maximum absolute atomic E-state index is 13.0. The van der Waals surface area contributed by atoms with Crippen molar-refractivity contribution in [1.82, 2.24) is 24.3 Å². The predicted octanol–water partition coefficient (Wildman–Crippen LogP) is 5.91. The Morgan fingerprint density at radius 2 is 1.58 bits per heavy atom. The molecular formula is C39H34Cl2N8O6. The van der Waals surface area contributed by atoms with Crippen molar-refractivity contribution in [3.63, 3.8) is 0 Å². The monoisotopic (exact) mass is 780 g/mol. The number of ether oxygens (including phenoxy) is 1. The van der Waals surface area contributed by atoms with Gasteiger partial charge in [0.15, 0.2) is 0 Å². The Hall–Kier alpha value is -5.96. The van der Waals surface area contributed by atoms with Crippen LogP contribution in [-0.4, -0.2) is 86.9 Å². The number of Topliss-reactive ketones (excluding diaryl/α,β-unsaturated/α-hetero) is 1.